The SMILES string of the molecule is CCNCCN1C(=O)Cc2cc(CNC)ccc21. The standard InChI is InChI=1S/C14H21N3O/c1-3-16-6-7-17-13-5-4-11(10-15-2)8-12(13)9-14(17)18/h4-5,8,15-16H,3,6-7,9-10H2,1-2H3. The molecule has 18 heavy (non-hydrogen) atoms. The number of hydrogen-bond acceptors (Lipinski definition) is 3. The summed E-state index contributed by atoms with van der Waals surface area (Å²) < 4.78 is 0. The zero-order valence-electron chi connectivity index (χ0n) is 11.1. The van der Waals surface area contributed by atoms with Crippen molar-refractivity contribution >= 4 is 11.6 Å². The summed E-state index contributed by atoms with van der Waals surface area (Å²) in [5, 5.41) is 6.39. The molecule has 4 heteroatoms. The average molecular weight is 247 g/mol. The molecule has 2 rings (SSSR count). The van der Waals surface area contributed by atoms with Crippen LogP contribution in [-0.2, 0) is 17.8 Å². The molecule has 1 aliphatic rings. The van der Waals surface area contributed by atoms with Crippen LogP contribution < -0.4 is 15.5 Å². The predicted molar refractivity (Wildman–Crippen MR) is 73.8 cm³/mol. The third kappa shape index (κ3) is 2.71. The van der Waals surface area contributed by atoms with Crippen LogP contribution in [0.5, 0.6) is 0 Å². The van der Waals surface area contributed by atoms with E-state index in [2.05, 4.69) is 35.8 Å². The van der Waals surface area contributed by atoms with Crippen LogP contribution in [-0.4, -0.2) is 32.6 Å². The molecular weight excluding hydrogens is 226 g/mol. The number of nitrogens with one attached hydrogen (secondary N) is 2. The Morgan fingerprint density at radius 3 is 2.94 bits per heavy atom. The molecule has 0 bridgehead atoms. The average Bonchev–Trinajstić information content (AvgIpc) is 2.66. The minimum atomic E-state index is 0.213. The van der Waals surface area contributed by atoms with Gasteiger partial charge in [0.05, 0.1) is 6.42 Å². The molecule has 2 N–H and O–H groups in total. The Morgan fingerprint density at radius 1 is 1.39 bits per heavy atom. The number of likely N-dealkylation sites (N-methyl/N-ethyl adjacent to an activating group) is 1. The summed E-state index contributed by atoms with van der Waals surface area (Å²) in [4.78, 5) is 13.9. The molecule has 0 saturated heterocycles. The monoisotopic (exact) mass is 247 g/mol. The Labute approximate surface area is 108 Å². The molecule has 0 spiro atoms. The number of anilines is 1. The van der Waals surface area contributed by atoms with Crippen molar-refractivity contribution in [2.45, 2.75) is 19.9 Å². The maximum absolute atomic E-state index is 12.0. The summed E-state index contributed by atoms with van der Waals surface area (Å²) >= 11 is 0. The van der Waals surface area contributed by atoms with E-state index in [1.807, 2.05) is 11.9 Å². The van der Waals surface area contributed by atoms with Crippen LogP contribution in [0.2, 0.25) is 0 Å². The van der Waals surface area contributed by atoms with Crippen LogP contribution in [0.4, 0.5) is 5.69 Å². The van der Waals surface area contributed by atoms with Gasteiger partial charge < -0.3 is 15.5 Å². The number of carbonyl (C=O) groups is 1. The van der Waals surface area contributed by atoms with E-state index in [-0.39, 0.29) is 5.91 Å². The van der Waals surface area contributed by atoms with Crippen LogP contribution >= 0.6 is 0 Å². The molecule has 0 saturated carbocycles. The molecule has 1 heterocycles. The van der Waals surface area contributed by atoms with Gasteiger partial charge >= 0.3 is 0 Å². The Kier molecular flexibility index (Phi) is 4.33. The van der Waals surface area contributed by atoms with Crippen molar-refractivity contribution in [3.8, 4) is 0 Å². The maximum Gasteiger partial charge on any atom is 0.231 e. The van der Waals surface area contributed by atoms with Crippen LogP contribution in [0.1, 0.15) is 18.1 Å². The summed E-state index contributed by atoms with van der Waals surface area (Å²) in [6.07, 6.45) is 0.541. The number of benzene rings is 1. The van der Waals surface area contributed by atoms with E-state index in [9.17, 15) is 4.79 Å². The molecule has 1 amide bonds. The Morgan fingerprint density at radius 2 is 2.22 bits per heavy atom. The summed E-state index contributed by atoms with van der Waals surface area (Å²) in [7, 11) is 1.93. The van der Waals surface area contributed by atoms with Gasteiger partial charge in [-0.05, 0) is 30.8 Å². The lowest BCUT2D eigenvalue weighted by atomic mass is 10.1. The normalized spacial score (nSPS) is 14.1. The highest BCUT2D eigenvalue weighted by Crippen LogP contribution is 2.29. The molecule has 1 aromatic carbocycles. The Hall–Kier alpha value is -1.39. The van der Waals surface area contributed by atoms with Crippen LogP contribution in [0.25, 0.3) is 0 Å². The van der Waals surface area contributed by atoms with Gasteiger partial charge in [-0.3, -0.25) is 4.79 Å². The zero-order valence-corrected chi connectivity index (χ0v) is 11.1. The van der Waals surface area contributed by atoms with E-state index in [1.165, 1.54) is 5.56 Å². The largest absolute Gasteiger partial charge is 0.316 e. The molecule has 0 unspecified atom stereocenters. The van der Waals surface area contributed by atoms with Crippen LogP contribution in [0.15, 0.2) is 18.2 Å². The first kappa shape index (κ1) is 13.1. The fraction of sp³-hybridized carbons (Fsp3) is 0.500. The van der Waals surface area contributed by atoms with Gasteiger partial charge in [0.15, 0.2) is 0 Å². The molecule has 0 aliphatic carbocycles. The molecule has 0 aromatic heterocycles. The van der Waals surface area contributed by atoms with Gasteiger partial charge in [-0.1, -0.05) is 19.1 Å². The van der Waals surface area contributed by atoms with Crippen LogP contribution in [0, 0.1) is 0 Å². The first-order valence-electron chi connectivity index (χ1n) is 6.53. The summed E-state index contributed by atoms with van der Waals surface area (Å²) in [6, 6.07) is 6.30. The van der Waals surface area contributed by atoms with Gasteiger partial charge in [-0.25, -0.2) is 0 Å². The fourth-order valence-electron chi connectivity index (χ4n) is 2.36. The van der Waals surface area contributed by atoms with E-state index >= 15 is 0 Å². The van der Waals surface area contributed by atoms with Crippen molar-refractivity contribution in [3.63, 3.8) is 0 Å². The number of amides is 1. The van der Waals surface area contributed by atoms with E-state index in [1.54, 1.807) is 0 Å². The molecule has 0 fully saturated rings. The quantitative estimate of drug-likeness (QED) is 0.734. The predicted octanol–water partition coefficient (Wildman–Crippen LogP) is 0.905. The first-order chi connectivity index (χ1) is 8.76. The van der Waals surface area contributed by atoms with Crippen molar-refractivity contribution < 1.29 is 4.79 Å². The molecule has 0 atom stereocenters. The first-order valence-corrected chi connectivity index (χ1v) is 6.53. The van der Waals surface area contributed by atoms with E-state index < -0.39 is 0 Å². The topological polar surface area (TPSA) is 44.4 Å². The zero-order chi connectivity index (χ0) is 13.0. The van der Waals surface area contributed by atoms with Crippen LogP contribution in [0.3, 0.4) is 0 Å². The fourth-order valence-corrected chi connectivity index (χ4v) is 2.36. The van der Waals surface area contributed by atoms with Crippen molar-refractivity contribution in [2.75, 3.05) is 31.6 Å². The third-order valence-corrected chi connectivity index (χ3v) is 3.22. The van der Waals surface area contributed by atoms with Crippen molar-refractivity contribution in [1.82, 2.24) is 10.6 Å². The summed E-state index contributed by atoms with van der Waals surface area (Å²) in [5.41, 5.74) is 3.47. The van der Waals surface area contributed by atoms with Crippen molar-refractivity contribution in [3.05, 3.63) is 29.3 Å². The second kappa shape index (κ2) is 5.98. The Bertz CT molecular complexity index is 431. The lowest BCUT2D eigenvalue weighted by molar-refractivity contribution is -0.117. The highest BCUT2D eigenvalue weighted by molar-refractivity contribution is 6.01. The van der Waals surface area contributed by atoms with Gasteiger partial charge in [0.25, 0.3) is 0 Å². The number of nitrogens with zero attached hydrogens (tertiary/aromatic N) is 1. The van der Waals surface area contributed by atoms with Gasteiger partial charge in [0, 0.05) is 25.3 Å². The molecular formula is C14H21N3O. The lowest BCUT2D eigenvalue weighted by Crippen LogP contribution is -2.34. The third-order valence-electron chi connectivity index (χ3n) is 3.22. The molecule has 0 radical (unpaired) electrons. The van der Waals surface area contributed by atoms with Crippen molar-refractivity contribution in [1.29, 1.82) is 0 Å². The van der Waals surface area contributed by atoms with Crippen molar-refractivity contribution in [2.24, 2.45) is 0 Å². The van der Waals surface area contributed by atoms with E-state index in [0.717, 1.165) is 37.4 Å². The number of rotatable bonds is 6. The number of hydrogen-bond donors (Lipinski definition) is 2. The minimum Gasteiger partial charge on any atom is -0.316 e. The van der Waals surface area contributed by atoms with E-state index in [4.69, 9.17) is 0 Å². The highest BCUT2D eigenvalue weighted by Gasteiger charge is 2.26. The molecule has 1 aliphatic heterocycles. The molecule has 4 nitrogen and oxygen atoms in total. The summed E-state index contributed by atoms with van der Waals surface area (Å²) in [5.74, 6) is 0.213. The van der Waals surface area contributed by atoms with E-state index in [0.29, 0.717) is 6.42 Å². The maximum atomic E-state index is 12.0. The summed E-state index contributed by atoms with van der Waals surface area (Å²) in [6.45, 7) is 5.46. The second-order valence-electron chi connectivity index (χ2n) is 4.57. The minimum absolute atomic E-state index is 0.213. The highest BCUT2D eigenvalue weighted by atomic mass is 16.2. The lowest BCUT2D eigenvalue weighted by Gasteiger charge is -2.17. The van der Waals surface area contributed by atoms with Gasteiger partial charge in [0.1, 0.15) is 0 Å². The molecule has 1 aromatic rings. The Balaban J connectivity index is 2.11. The number of fused-ring (bicyclic) bond motifs is 1. The van der Waals surface area contributed by atoms with Gasteiger partial charge in [0.2, 0.25) is 5.91 Å². The second-order valence-corrected chi connectivity index (χ2v) is 4.57. The molecule has 98 valence electrons. The number of carbonyl (C=O) groups excluding carboxylic acids is 1. The van der Waals surface area contributed by atoms with Gasteiger partial charge in [-0.15, -0.1) is 0 Å². The smallest absolute Gasteiger partial charge is 0.231 e. The van der Waals surface area contributed by atoms with Gasteiger partial charge in [-0.2, -0.15) is 0 Å².